The minimum Gasteiger partial charge on any atom is -0.314 e. The fraction of sp³-hybridized carbons (Fsp3) is 1.00. The van der Waals surface area contributed by atoms with Crippen LogP contribution in [0.15, 0.2) is 0 Å². The van der Waals surface area contributed by atoms with Crippen LogP contribution < -0.4 is 16.0 Å². The molecule has 3 heteroatoms. The zero-order valence-electron chi connectivity index (χ0n) is 23.3. The zero-order valence-corrected chi connectivity index (χ0v) is 23.3. The quantitative estimate of drug-likeness (QED) is 0.441. The van der Waals surface area contributed by atoms with Gasteiger partial charge in [0.25, 0.3) is 0 Å². The maximum absolute atomic E-state index is 3.52. The highest BCUT2D eigenvalue weighted by Gasteiger charge is 2.18. The molecule has 0 spiro atoms. The van der Waals surface area contributed by atoms with E-state index in [-0.39, 0.29) is 0 Å². The molecule has 3 N–H and O–H groups in total. The van der Waals surface area contributed by atoms with Crippen LogP contribution in [0.4, 0.5) is 0 Å². The topological polar surface area (TPSA) is 36.1 Å². The van der Waals surface area contributed by atoms with E-state index in [1.54, 1.807) is 0 Å². The van der Waals surface area contributed by atoms with E-state index in [1.165, 1.54) is 58.2 Å². The van der Waals surface area contributed by atoms with Crippen LogP contribution in [0.5, 0.6) is 0 Å². The van der Waals surface area contributed by atoms with E-state index in [0.717, 1.165) is 35.9 Å². The minimum atomic E-state index is 0.804. The van der Waals surface area contributed by atoms with Crippen LogP contribution in [-0.2, 0) is 0 Å². The number of rotatable bonds is 3. The van der Waals surface area contributed by atoms with Gasteiger partial charge < -0.3 is 16.0 Å². The highest BCUT2D eigenvalue weighted by Crippen LogP contribution is 2.14. The van der Waals surface area contributed by atoms with Crippen molar-refractivity contribution in [1.82, 2.24) is 16.0 Å². The van der Waals surface area contributed by atoms with Gasteiger partial charge in [0.05, 0.1) is 0 Å². The lowest BCUT2D eigenvalue weighted by atomic mass is 9.95. The van der Waals surface area contributed by atoms with Crippen molar-refractivity contribution in [3.63, 3.8) is 0 Å². The third-order valence-corrected chi connectivity index (χ3v) is 5.72. The predicted octanol–water partition coefficient (Wildman–Crippen LogP) is 7.26. The molecule has 0 radical (unpaired) electrons. The lowest BCUT2D eigenvalue weighted by Gasteiger charge is -2.30. The summed E-state index contributed by atoms with van der Waals surface area (Å²) >= 11 is 0. The Morgan fingerprint density at radius 2 is 0.733 bits per heavy atom. The third kappa shape index (κ3) is 18.6. The molecule has 0 aliphatic carbocycles. The van der Waals surface area contributed by atoms with Gasteiger partial charge in [-0.2, -0.15) is 0 Å². The van der Waals surface area contributed by atoms with Crippen molar-refractivity contribution in [2.24, 2.45) is 17.8 Å². The van der Waals surface area contributed by atoms with Crippen molar-refractivity contribution < 1.29 is 0 Å². The van der Waals surface area contributed by atoms with Crippen LogP contribution in [0.2, 0.25) is 0 Å². The molecule has 0 aromatic heterocycles. The average Bonchev–Trinajstić information content (AvgIpc) is 3.28. The van der Waals surface area contributed by atoms with Crippen LogP contribution >= 0.6 is 0 Å². The summed E-state index contributed by atoms with van der Waals surface area (Å²) in [6, 6.07) is 2.45. The molecule has 0 amide bonds. The van der Waals surface area contributed by atoms with Crippen molar-refractivity contribution in [2.75, 3.05) is 19.6 Å². The van der Waals surface area contributed by atoms with Gasteiger partial charge in [0, 0.05) is 18.1 Å². The van der Waals surface area contributed by atoms with Gasteiger partial charge in [-0.25, -0.2) is 0 Å². The first-order valence-electron chi connectivity index (χ1n) is 13.6. The summed E-state index contributed by atoms with van der Waals surface area (Å²) in [5.41, 5.74) is 0. The fourth-order valence-corrected chi connectivity index (χ4v) is 3.61. The molecule has 0 aromatic rings. The Bertz CT molecular complexity index is 286. The first-order valence-corrected chi connectivity index (χ1v) is 13.6. The van der Waals surface area contributed by atoms with Crippen molar-refractivity contribution >= 4 is 0 Å². The molecule has 3 aliphatic rings. The molecule has 3 nitrogen and oxygen atoms in total. The second-order valence-electron chi connectivity index (χ2n) is 8.84. The highest BCUT2D eigenvalue weighted by molar-refractivity contribution is 4.79. The molecule has 3 unspecified atom stereocenters. The lowest BCUT2D eigenvalue weighted by Crippen LogP contribution is -2.46. The summed E-state index contributed by atoms with van der Waals surface area (Å²) in [5, 5.41) is 10.3. The van der Waals surface area contributed by atoms with Gasteiger partial charge in [-0.3, -0.25) is 0 Å². The average molecular weight is 430 g/mol. The SMILES string of the molecule is CC.CC.CC.CC(C)C1CCCCN1.CC(C)C1CCCN1.CC(C)C1CCN1. The molecule has 0 bridgehead atoms. The van der Waals surface area contributed by atoms with Crippen molar-refractivity contribution in [3.05, 3.63) is 0 Å². The number of hydrogen-bond donors (Lipinski definition) is 3. The van der Waals surface area contributed by atoms with Gasteiger partial charge in [-0.05, 0) is 69.5 Å². The second-order valence-corrected chi connectivity index (χ2v) is 8.84. The van der Waals surface area contributed by atoms with Gasteiger partial charge >= 0.3 is 0 Å². The summed E-state index contributed by atoms with van der Waals surface area (Å²) < 4.78 is 0. The van der Waals surface area contributed by atoms with E-state index in [0.29, 0.717) is 0 Å². The van der Waals surface area contributed by atoms with Crippen LogP contribution in [0, 0.1) is 17.8 Å². The van der Waals surface area contributed by atoms with Gasteiger partial charge in [0.1, 0.15) is 0 Å². The largest absolute Gasteiger partial charge is 0.314 e. The monoisotopic (exact) mass is 430 g/mol. The number of hydrogen-bond acceptors (Lipinski definition) is 3. The standard InChI is InChI=1S/C8H17N.C7H15N.C6H13N.3C2H6/c1-7(2)8-5-3-4-6-9-8;1-6(2)7-4-3-5-8-7;1-5(2)6-3-4-7-6;3*1-2/h7-9H,3-6H2,1-2H3;6-8H,3-5H2,1-2H3;5-7H,3-4H2,1-2H3;3*1-2H3. The molecule has 3 fully saturated rings. The van der Waals surface area contributed by atoms with E-state index >= 15 is 0 Å². The van der Waals surface area contributed by atoms with E-state index in [1.807, 2.05) is 41.5 Å². The van der Waals surface area contributed by atoms with E-state index in [2.05, 4.69) is 57.5 Å². The first-order chi connectivity index (χ1) is 14.4. The molecule has 0 saturated carbocycles. The summed E-state index contributed by atoms with van der Waals surface area (Å²) in [5.74, 6) is 2.50. The second kappa shape index (κ2) is 25.1. The lowest BCUT2D eigenvalue weighted by molar-refractivity contribution is 0.291. The van der Waals surface area contributed by atoms with Crippen molar-refractivity contribution in [3.8, 4) is 0 Å². The summed E-state index contributed by atoms with van der Waals surface area (Å²) in [4.78, 5) is 0. The first kappa shape index (κ1) is 34.5. The van der Waals surface area contributed by atoms with Crippen LogP contribution in [0.3, 0.4) is 0 Å². The Morgan fingerprint density at radius 1 is 0.433 bits per heavy atom. The Morgan fingerprint density at radius 3 is 0.900 bits per heavy atom. The molecule has 0 aromatic carbocycles. The number of nitrogens with one attached hydrogen (secondary N) is 3. The van der Waals surface area contributed by atoms with Crippen LogP contribution in [0.25, 0.3) is 0 Å². The molecule has 30 heavy (non-hydrogen) atoms. The van der Waals surface area contributed by atoms with Gasteiger partial charge in [0.15, 0.2) is 0 Å². The summed E-state index contributed by atoms with van der Waals surface area (Å²) in [6.07, 6.45) is 8.34. The fourth-order valence-electron chi connectivity index (χ4n) is 3.61. The Kier molecular flexibility index (Phi) is 28.9. The molecule has 3 rings (SSSR count). The Balaban J connectivity index is -0.000000325. The van der Waals surface area contributed by atoms with Crippen LogP contribution in [0.1, 0.15) is 122 Å². The summed E-state index contributed by atoms with van der Waals surface area (Å²) in [7, 11) is 0. The molecule has 3 heterocycles. The maximum atomic E-state index is 3.52. The van der Waals surface area contributed by atoms with Gasteiger partial charge in [-0.1, -0.05) is 89.5 Å². The molecule has 186 valence electrons. The van der Waals surface area contributed by atoms with E-state index < -0.39 is 0 Å². The molecule has 3 atom stereocenters. The maximum Gasteiger partial charge on any atom is 0.0102 e. The smallest absolute Gasteiger partial charge is 0.0102 e. The Hall–Kier alpha value is -0.120. The summed E-state index contributed by atoms with van der Waals surface area (Å²) in [6.45, 7) is 29.4. The number of piperidine rings is 1. The van der Waals surface area contributed by atoms with Crippen molar-refractivity contribution in [2.45, 2.75) is 140 Å². The molecular formula is C27H63N3. The highest BCUT2D eigenvalue weighted by atomic mass is 15.0. The molecular weight excluding hydrogens is 366 g/mol. The Labute approximate surface area is 193 Å². The van der Waals surface area contributed by atoms with Gasteiger partial charge in [0.2, 0.25) is 0 Å². The minimum absolute atomic E-state index is 0.804. The van der Waals surface area contributed by atoms with Gasteiger partial charge in [-0.15, -0.1) is 0 Å². The predicted molar refractivity (Wildman–Crippen MR) is 142 cm³/mol. The van der Waals surface area contributed by atoms with Crippen molar-refractivity contribution in [1.29, 1.82) is 0 Å². The molecule has 3 saturated heterocycles. The molecule has 3 aliphatic heterocycles. The zero-order chi connectivity index (χ0) is 23.9. The van der Waals surface area contributed by atoms with E-state index in [4.69, 9.17) is 0 Å². The van der Waals surface area contributed by atoms with E-state index in [9.17, 15) is 0 Å². The third-order valence-electron chi connectivity index (χ3n) is 5.72. The van der Waals surface area contributed by atoms with Crippen LogP contribution in [-0.4, -0.2) is 37.8 Å². The normalized spacial score (nSPS) is 24.3.